The van der Waals surface area contributed by atoms with Crippen LogP contribution in [-0.2, 0) is 10.2 Å². The van der Waals surface area contributed by atoms with Crippen LogP contribution in [0.25, 0.3) is 0 Å². The molecule has 1 aliphatic rings. The van der Waals surface area contributed by atoms with Gasteiger partial charge in [-0.25, -0.2) is 0 Å². The van der Waals surface area contributed by atoms with E-state index in [1.165, 1.54) is 4.31 Å². The Bertz CT molecular complexity index is 577. The highest BCUT2D eigenvalue weighted by atomic mass is 79.9. The number of piperidine rings is 1. The maximum atomic E-state index is 12.3. The number of anilines is 1. The number of nitrogens with zero attached hydrogens (tertiary/aromatic N) is 1. The Labute approximate surface area is 128 Å². The molecule has 0 spiro atoms. The second kappa shape index (κ2) is 6.43. The van der Waals surface area contributed by atoms with Gasteiger partial charge in [0, 0.05) is 24.2 Å². The summed E-state index contributed by atoms with van der Waals surface area (Å²) in [5.74, 6) is 0.0342. The maximum absolute atomic E-state index is 12.3. The smallest absolute Gasteiger partial charge is 0.301 e. The van der Waals surface area contributed by atoms with Gasteiger partial charge in [-0.15, -0.1) is 0 Å². The van der Waals surface area contributed by atoms with Crippen LogP contribution in [-0.4, -0.2) is 37.5 Å². The maximum Gasteiger partial charge on any atom is 0.301 e. The molecule has 1 heterocycles. The molecule has 0 aliphatic carbocycles. The number of nitrogens with one attached hydrogen (secondary N) is 1. The van der Waals surface area contributed by atoms with E-state index >= 15 is 0 Å². The second-order valence-corrected chi connectivity index (χ2v) is 7.64. The van der Waals surface area contributed by atoms with Crippen molar-refractivity contribution in [1.29, 1.82) is 0 Å². The third-order valence-corrected chi connectivity index (χ3v) is 5.88. The number of aliphatic hydroxyl groups is 1. The van der Waals surface area contributed by atoms with Crippen molar-refractivity contribution in [1.82, 2.24) is 4.31 Å². The highest BCUT2D eigenvalue weighted by Crippen LogP contribution is 2.23. The van der Waals surface area contributed by atoms with Crippen molar-refractivity contribution in [2.24, 2.45) is 5.92 Å². The highest BCUT2D eigenvalue weighted by molar-refractivity contribution is 9.10. The molecule has 2 rings (SSSR count). The van der Waals surface area contributed by atoms with Crippen LogP contribution in [0.5, 0.6) is 0 Å². The molecule has 1 aromatic carbocycles. The topological polar surface area (TPSA) is 69.6 Å². The first-order valence-electron chi connectivity index (χ1n) is 6.57. The quantitative estimate of drug-likeness (QED) is 0.861. The van der Waals surface area contributed by atoms with Gasteiger partial charge in [-0.1, -0.05) is 15.9 Å². The van der Waals surface area contributed by atoms with Gasteiger partial charge in [0.25, 0.3) is 0 Å². The van der Waals surface area contributed by atoms with Crippen LogP contribution in [0.1, 0.15) is 18.4 Å². The van der Waals surface area contributed by atoms with Crippen LogP contribution in [0.3, 0.4) is 0 Å². The number of hydrogen-bond donors (Lipinski definition) is 2. The fourth-order valence-electron chi connectivity index (χ4n) is 2.32. The van der Waals surface area contributed by atoms with Crippen molar-refractivity contribution in [3.63, 3.8) is 0 Å². The first kappa shape index (κ1) is 15.8. The molecule has 20 heavy (non-hydrogen) atoms. The summed E-state index contributed by atoms with van der Waals surface area (Å²) in [4.78, 5) is 0. The minimum Gasteiger partial charge on any atom is -0.396 e. The third-order valence-electron chi connectivity index (χ3n) is 3.48. The van der Waals surface area contributed by atoms with E-state index in [-0.39, 0.29) is 12.5 Å². The molecule has 1 unspecified atom stereocenters. The molecule has 1 aromatic rings. The Kier molecular flexibility index (Phi) is 5.06. The third kappa shape index (κ3) is 3.72. The van der Waals surface area contributed by atoms with E-state index < -0.39 is 10.2 Å². The zero-order valence-electron chi connectivity index (χ0n) is 11.3. The predicted molar refractivity (Wildman–Crippen MR) is 82.8 cm³/mol. The average molecular weight is 363 g/mol. The monoisotopic (exact) mass is 362 g/mol. The van der Waals surface area contributed by atoms with E-state index in [0.29, 0.717) is 18.8 Å². The Morgan fingerprint density at radius 1 is 1.50 bits per heavy atom. The molecule has 0 bridgehead atoms. The molecule has 112 valence electrons. The molecule has 5 nitrogen and oxygen atoms in total. The average Bonchev–Trinajstić information content (AvgIpc) is 2.43. The Hall–Kier alpha value is -0.630. The summed E-state index contributed by atoms with van der Waals surface area (Å²) >= 11 is 3.39. The van der Waals surface area contributed by atoms with Crippen molar-refractivity contribution < 1.29 is 13.5 Å². The van der Waals surface area contributed by atoms with E-state index in [1.807, 2.05) is 13.0 Å². The fourth-order valence-corrected chi connectivity index (χ4v) is 3.89. The summed E-state index contributed by atoms with van der Waals surface area (Å²) in [5, 5.41) is 9.18. The molecule has 0 aromatic heterocycles. The zero-order chi connectivity index (χ0) is 14.8. The summed E-state index contributed by atoms with van der Waals surface area (Å²) < 4.78 is 29.6. The lowest BCUT2D eigenvalue weighted by Crippen LogP contribution is -2.43. The minimum atomic E-state index is -3.55. The number of halogens is 1. The molecule has 0 saturated carbocycles. The summed E-state index contributed by atoms with van der Waals surface area (Å²) in [5.41, 5.74) is 1.52. The van der Waals surface area contributed by atoms with Gasteiger partial charge < -0.3 is 5.11 Å². The van der Waals surface area contributed by atoms with Crippen LogP contribution in [0.4, 0.5) is 5.69 Å². The zero-order valence-corrected chi connectivity index (χ0v) is 13.7. The van der Waals surface area contributed by atoms with Gasteiger partial charge in [0.1, 0.15) is 0 Å². The number of aryl methyl sites for hydroxylation is 1. The van der Waals surface area contributed by atoms with E-state index in [1.54, 1.807) is 12.1 Å². The van der Waals surface area contributed by atoms with Gasteiger partial charge in [-0.05, 0) is 49.4 Å². The van der Waals surface area contributed by atoms with Crippen LogP contribution >= 0.6 is 15.9 Å². The van der Waals surface area contributed by atoms with E-state index in [9.17, 15) is 13.5 Å². The molecule has 1 atom stereocenters. The van der Waals surface area contributed by atoms with Crippen molar-refractivity contribution in [2.45, 2.75) is 19.8 Å². The molecule has 1 fully saturated rings. The Morgan fingerprint density at radius 3 is 2.90 bits per heavy atom. The van der Waals surface area contributed by atoms with E-state index in [2.05, 4.69) is 20.7 Å². The van der Waals surface area contributed by atoms with Crippen LogP contribution in [0.15, 0.2) is 22.7 Å². The van der Waals surface area contributed by atoms with Gasteiger partial charge in [0.2, 0.25) is 0 Å². The molecule has 1 aliphatic heterocycles. The normalized spacial score (nSPS) is 20.9. The largest absolute Gasteiger partial charge is 0.396 e. The molecule has 2 N–H and O–H groups in total. The molecule has 0 radical (unpaired) electrons. The Morgan fingerprint density at radius 2 is 2.25 bits per heavy atom. The summed E-state index contributed by atoms with van der Waals surface area (Å²) in [6.45, 7) is 2.82. The van der Waals surface area contributed by atoms with Crippen molar-refractivity contribution in [2.75, 3.05) is 24.4 Å². The molecular weight excluding hydrogens is 344 g/mol. The highest BCUT2D eigenvalue weighted by Gasteiger charge is 2.28. The SMILES string of the molecule is Cc1cc(NS(=O)(=O)N2CCCC(CO)C2)ccc1Br. The first-order valence-corrected chi connectivity index (χ1v) is 8.80. The van der Waals surface area contributed by atoms with Gasteiger partial charge in [0.05, 0.1) is 5.69 Å². The summed E-state index contributed by atoms with van der Waals surface area (Å²) in [6, 6.07) is 5.33. The van der Waals surface area contributed by atoms with Crippen LogP contribution < -0.4 is 4.72 Å². The van der Waals surface area contributed by atoms with Crippen LogP contribution in [0, 0.1) is 12.8 Å². The first-order chi connectivity index (χ1) is 9.42. The summed E-state index contributed by atoms with van der Waals surface area (Å²) in [6.07, 6.45) is 1.66. The molecule has 7 heteroatoms. The van der Waals surface area contributed by atoms with Gasteiger partial charge in [-0.2, -0.15) is 12.7 Å². The van der Waals surface area contributed by atoms with Gasteiger partial charge >= 0.3 is 10.2 Å². The number of benzene rings is 1. The number of aliphatic hydroxyl groups excluding tert-OH is 1. The minimum absolute atomic E-state index is 0.0312. The lowest BCUT2D eigenvalue weighted by atomic mass is 10.0. The van der Waals surface area contributed by atoms with E-state index in [0.717, 1.165) is 22.9 Å². The fraction of sp³-hybridized carbons (Fsp3) is 0.538. The standard InChI is InChI=1S/C13H19BrN2O3S/c1-10-7-12(4-5-13(10)14)15-20(18,19)16-6-2-3-11(8-16)9-17/h4-5,7,11,15,17H,2-3,6,8-9H2,1H3. The lowest BCUT2D eigenvalue weighted by molar-refractivity contribution is 0.166. The molecule has 1 saturated heterocycles. The number of hydrogen-bond acceptors (Lipinski definition) is 3. The van der Waals surface area contributed by atoms with Gasteiger partial charge in [-0.3, -0.25) is 4.72 Å². The number of rotatable bonds is 4. The van der Waals surface area contributed by atoms with Crippen LogP contribution in [0.2, 0.25) is 0 Å². The van der Waals surface area contributed by atoms with Crippen molar-refractivity contribution in [3.8, 4) is 0 Å². The van der Waals surface area contributed by atoms with Crippen molar-refractivity contribution >= 4 is 31.8 Å². The second-order valence-electron chi connectivity index (χ2n) is 5.12. The molecule has 0 amide bonds. The molecular formula is C13H19BrN2O3S. The predicted octanol–water partition coefficient (Wildman–Crippen LogP) is 2.12. The van der Waals surface area contributed by atoms with Crippen molar-refractivity contribution in [3.05, 3.63) is 28.2 Å². The Balaban J connectivity index is 2.12. The lowest BCUT2D eigenvalue weighted by Gasteiger charge is -2.31. The van der Waals surface area contributed by atoms with E-state index in [4.69, 9.17) is 0 Å². The van der Waals surface area contributed by atoms with Gasteiger partial charge in [0.15, 0.2) is 0 Å². The summed E-state index contributed by atoms with van der Waals surface area (Å²) in [7, 11) is -3.55.